The Labute approximate surface area is 448 Å². The van der Waals surface area contributed by atoms with E-state index in [1.165, 1.54) is 135 Å². The molecule has 3 rings (SSSR count). The average molecular weight is 1080 g/mol. The third-order valence-electron chi connectivity index (χ3n) is 15.1. The maximum absolute atomic E-state index is 13.3. The van der Waals surface area contributed by atoms with Gasteiger partial charge in [-0.15, -0.1) is 0 Å². The van der Waals surface area contributed by atoms with Crippen LogP contribution in [-0.2, 0) is 33.2 Å². The third-order valence-corrected chi connectivity index (χ3v) is 15.1. The van der Waals surface area contributed by atoms with E-state index in [1.807, 2.05) is 6.08 Å². The summed E-state index contributed by atoms with van der Waals surface area (Å²) in [5.41, 5.74) is 0. The van der Waals surface area contributed by atoms with Crippen LogP contribution in [0.4, 0.5) is 0 Å². The molecular formula is C56H105NO18. The predicted octanol–water partition coefficient (Wildman–Crippen LogP) is 4.60. The fourth-order valence-corrected chi connectivity index (χ4v) is 10.2. The van der Waals surface area contributed by atoms with E-state index >= 15 is 0 Å². The van der Waals surface area contributed by atoms with Gasteiger partial charge >= 0.3 is 0 Å². The topological polar surface area (TPSA) is 307 Å². The molecule has 17 atom stereocenters. The van der Waals surface area contributed by atoms with Crippen molar-refractivity contribution in [1.82, 2.24) is 5.32 Å². The molecule has 0 bridgehead atoms. The summed E-state index contributed by atoms with van der Waals surface area (Å²) in [4.78, 5) is 13.3. The Morgan fingerprint density at radius 1 is 0.467 bits per heavy atom. The molecule has 0 aliphatic carbocycles. The zero-order valence-corrected chi connectivity index (χ0v) is 45.8. The van der Waals surface area contributed by atoms with Crippen molar-refractivity contribution >= 4 is 5.91 Å². The number of hydrogen-bond acceptors (Lipinski definition) is 18. The van der Waals surface area contributed by atoms with E-state index in [2.05, 4.69) is 19.2 Å². The highest BCUT2D eigenvalue weighted by molar-refractivity contribution is 5.76. The molecule has 75 heavy (non-hydrogen) atoms. The zero-order chi connectivity index (χ0) is 54.8. The smallest absolute Gasteiger partial charge is 0.220 e. The largest absolute Gasteiger partial charge is 0.394 e. The van der Waals surface area contributed by atoms with E-state index in [9.17, 15) is 61.0 Å². The molecule has 3 saturated heterocycles. The van der Waals surface area contributed by atoms with Gasteiger partial charge in [0, 0.05) is 6.42 Å². The van der Waals surface area contributed by atoms with Gasteiger partial charge in [-0.25, -0.2) is 0 Å². The second kappa shape index (κ2) is 40.7. The van der Waals surface area contributed by atoms with Gasteiger partial charge in [0.15, 0.2) is 18.9 Å². The molecular weight excluding hydrogens is 975 g/mol. The molecule has 19 heteroatoms. The van der Waals surface area contributed by atoms with Crippen LogP contribution in [0.25, 0.3) is 0 Å². The molecule has 0 aromatic heterocycles. The standard InChI is InChI=1S/C56H105NO18/c1-3-5-7-9-11-13-15-17-19-20-22-24-26-28-30-32-34-44(62)57-39(40(61)33-31-29-27-25-23-21-18-16-14-12-10-8-6-4-2)38-70-54-50(68)47(65)52(42(36-59)72-54)75-56-51(69)48(66)53(43(37-60)73-56)74-55-49(67)46(64)45(63)41(35-58)71-55/h31,33,39-43,45-56,58-61,63-69H,3-30,32,34-38H2,1-2H3,(H,57,62)/b33-31+. The molecule has 12 N–H and O–H groups in total. The Morgan fingerprint density at radius 2 is 0.827 bits per heavy atom. The van der Waals surface area contributed by atoms with Gasteiger partial charge < -0.3 is 89.9 Å². The molecule has 3 fully saturated rings. The molecule has 0 spiro atoms. The van der Waals surface area contributed by atoms with Crippen LogP contribution in [0.3, 0.4) is 0 Å². The van der Waals surface area contributed by atoms with Crippen molar-refractivity contribution in [2.24, 2.45) is 0 Å². The van der Waals surface area contributed by atoms with Crippen LogP contribution in [0.2, 0.25) is 0 Å². The number of aliphatic hydroxyl groups excluding tert-OH is 11. The normalized spacial score (nSPS) is 31.2. The molecule has 1 amide bonds. The van der Waals surface area contributed by atoms with E-state index in [0.29, 0.717) is 6.42 Å². The number of ether oxygens (including phenoxy) is 6. The predicted molar refractivity (Wildman–Crippen MR) is 282 cm³/mol. The van der Waals surface area contributed by atoms with Gasteiger partial charge in [0.1, 0.15) is 73.2 Å². The van der Waals surface area contributed by atoms with Crippen molar-refractivity contribution in [2.75, 3.05) is 26.4 Å². The number of amides is 1. The minimum atomic E-state index is -1.97. The van der Waals surface area contributed by atoms with Gasteiger partial charge in [0.25, 0.3) is 0 Å². The summed E-state index contributed by atoms with van der Waals surface area (Å²) < 4.78 is 34.2. The maximum atomic E-state index is 13.3. The van der Waals surface area contributed by atoms with Crippen molar-refractivity contribution in [3.05, 3.63) is 12.2 Å². The van der Waals surface area contributed by atoms with Gasteiger partial charge in [-0.1, -0.05) is 193 Å². The van der Waals surface area contributed by atoms with Gasteiger partial charge in [0.2, 0.25) is 5.91 Å². The summed E-state index contributed by atoms with van der Waals surface area (Å²) in [5.74, 6) is -0.274. The number of carbonyl (C=O) groups excluding carboxylic acids is 1. The van der Waals surface area contributed by atoms with E-state index < -0.39 is 124 Å². The maximum Gasteiger partial charge on any atom is 0.220 e. The van der Waals surface area contributed by atoms with Crippen LogP contribution in [-0.4, -0.2) is 193 Å². The molecule has 17 unspecified atom stereocenters. The number of unbranched alkanes of at least 4 members (excludes halogenated alkanes) is 27. The van der Waals surface area contributed by atoms with Gasteiger partial charge in [-0.3, -0.25) is 4.79 Å². The lowest BCUT2D eigenvalue weighted by Gasteiger charge is -2.48. The summed E-state index contributed by atoms with van der Waals surface area (Å²) >= 11 is 0. The first-order valence-electron chi connectivity index (χ1n) is 29.4. The van der Waals surface area contributed by atoms with Crippen molar-refractivity contribution in [1.29, 1.82) is 0 Å². The fraction of sp³-hybridized carbons (Fsp3) is 0.946. The Morgan fingerprint density at radius 3 is 1.25 bits per heavy atom. The Bertz CT molecular complexity index is 1430. The molecule has 3 aliphatic rings. The van der Waals surface area contributed by atoms with E-state index in [1.54, 1.807) is 6.08 Å². The monoisotopic (exact) mass is 1080 g/mol. The highest BCUT2D eigenvalue weighted by Gasteiger charge is 2.53. The molecule has 0 saturated carbocycles. The molecule has 3 aliphatic heterocycles. The highest BCUT2D eigenvalue weighted by Crippen LogP contribution is 2.33. The van der Waals surface area contributed by atoms with Crippen molar-refractivity contribution in [3.63, 3.8) is 0 Å². The Hall–Kier alpha value is -1.47. The van der Waals surface area contributed by atoms with E-state index in [-0.39, 0.29) is 18.9 Å². The molecule has 0 radical (unpaired) electrons. The van der Waals surface area contributed by atoms with Crippen LogP contribution in [0.5, 0.6) is 0 Å². The second-order valence-corrected chi connectivity index (χ2v) is 21.5. The van der Waals surface area contributed by atoms with Crippen LogP contribution in [0.1, 0.15) is 206 Å². The average Bonchev–Trinajstić information content (AvgIpc) is 3.41. The molecule has 19 nitrogen and oxygen atoms in total. The van der Waals surface area contributed by atoms with Crippen LogP contribution in [0.15, 0.2) is 12.2 Å². The lowest BCUT2D eigenvalue weighted by molar-refractivity contribution is -0.379. The van der Waals surface area contributed by atoms with Crippen molar-refractivity contribution < 1.29 is 89.4 Å². The summed E-state index contributed by atoms with van der Waals surface area (Å²) in [6.07, 6.45) is 11.9. The first-order chi connectivity index (χ1) is 36.3. The number of rotatable bonds is 43. The lowest BCUT2D eigenvalue weighted by Crippen LogP contribution is -2.66. The third kappa shape index (κ3) is 25.3. The minimum Gasteiger partial charge on any atom is -0.394 e. The van der Waals surface area contributed by atoms with Crippen LogP contribution >= 0.6 is 0 Å². The summed E-state index contributed by atoms with van der Waals surface area (Å²) in [6.45, 7) is 1.72. The molecule has 0 aromatic carbocycles. The SMILES string of the molecule is CCCCCCCCCCCCCC/C=C/C(O)C(COC1OC(CO)C(OC2OC(CO)C(OC3OC(CO)C(O)C(O)C3O)C(O)C2O)C(O)C1O)NC(=O)CCCCCCCCCCCCCCCCCC. The molecule has 0 aromatic rings. The first kappa shape index (κ1) is 67.8. The Kier molecular flexibility index (Phi) is 36.8. The second-order valence-electron chi connectivity index (χ2n) is 21.5. The minimum absolute atomic E-state index is 0.249. The van der Waals surface area contributed by atoms with Crippen LogP contribution in [0, 0.1) is 0 Å². The summed E-state index contributed by atoms with van der Waals surface area (Å²) in [6, 6.07) is -0.966. The number of aliphatic hydroxyl groups is 11. The number of nitrogens with one attached hydrogen (secondary N) is 1. The quantitative estimate of drug-likeness (QED) is 0.0293. The van der Waals surface area contributed by atoms with Gasteiger partial charge in [-0.05, 0) is 19.3 Å². The molecule has 3 heterocycles. The summed E-state index contributed by atoms with van der Waals surface area (Å²) in [7, 11) is 0. The van der Waals surface area contributed by atoms with Gasteiger partial charge in [-0.2, -0.15) is 0 Å². The number of carbonyl (C=O) groups is 1. The fourth-order valence-electron chi connectivity index (χ4n) is 10.2. The van der Waals surface area contributed by atoms with Gasteiger partial charge in [0.05, 0.1) is 38.6 Å². The summed E-state index contributed by atoms with van der Waals surface area (Å²) in [5, 5.41) is 120. The van der Waals surface area contributed by atoms with E-state index in [4.69, 9.17) is 28.4 Å². The first-order valence-corrected chi connectivity index (χ1v) is 29.4. The number of allylic oxidation sites excluding steroid dienone is 1. The Balaban J connectivity index is 1.52. The van der Waals surface area contributed by atoms with Crippen molar-refractivity contribution in [3.8, 4) is 0 Å². The lowest BCUT2D eigenvalue weighted by atomic mass is 9.96. The van der Waals surface area contributed by atoms with E-state index in [0.717, 1.165) is 44.9 Å². The van der Waals surface area contributed by atoms with Crippen molar-refractivity contribution in [2.45, 2.75) is 311 Å². The zero-order valence-electron chi connectivity index (χ0n) is 45.8. The molecule has 442 valence electrons. The number of hydrogen-bond donors (Lipinski definition) is 12. The van der Waals surface area contributed by atoms with Crippen LogP contribution < -0.4 is 5.32 Å². The highest BCUT2D eigenvalue weighted by atomic mass is 16.8.